The molecule has 1 saturated heterocycles. The molecule has 0 N–H and O–H groups in total. The fourth-order valence-electron chi connectivity index (χ4n) is 3.57. The molecule has 0 spiro atoms. The fourth-order valence-corrected chi connectivity index (χ4v) is 4.25. The molecule has 1 aliphatic rings. The Morgan fingerprint density at radius 1 is 1.12 bits per heavy atom. The van der Waals surface area contributed by atoms with Crippen LogP contribution in [0.3, 0.4) is 0 Å². The number of ether oxygens (including phenoxy) is 1. The van der Waals surface area contributed by atoms with Crippen LogP contribution in [-0.4, -0.2) is 57.9 Å². The third-order valence-electron chi connectivity index (χ3n) is 5.52. The Balaban J connectivity index is 1.22. The average molecular weight is 484 g/mol. The summed E-state index contributed by atoms with van der Waals surface area (Å²) in [6.45, 7) is 6.62. The summed E-state index contributed by atoms with van der Waals surface area (Å²) in [7, 11) is 0. The van der Waals surface area contributed by atoms with Crippen LogP contribution < -0.4 is 9.64 Å². The van der Waals surface area contributed by atoms with Gasteiger partial charge in [-0.15, -0.1) is 10.2 Å². The number of benzene rings is 2. The van der Waals surface area contributed by atoms with Gasteiger partial charge in [0.15, 0.2) is 6.61 Å². The van der Waals surface area contributed by atoms with E-state index in [1.165, 1.54) is 23.9 Å². The van der Waals surface area contributed by atoms with Gasteiger partial charge in [-0.1, -0.05) is 23.9 Å². The Kier molecular flexibility index (Phi) is 7.31. The Hall–Kier alpha value is -3.60. The first-order valence-electron chi connectivity index (χ1n) is 10.8. The van der Waals surface area contributed by atoms with Crippen molar-refractivity contribution in [3.8, 4) is 5.75 Å². The lowest BCUT2D eigenvalue weighted by Gasteiger charge is -2.36. The van der Waals surface area contributed by atoms with Crippen molar-refractivity contribution >= 4 is 29.0 Å². The van der Waals surface area contributed by atoms with Gasteiger partial charge in [0.25, 0.3) is 16.8 Å². The second-order valence-electron chi connectivity index (χ2n) is 7.95. The molecule has 34 heavy (non-hydrogen) atoms. The van der Waals surface area contributed by atoms with E-state index in [0.29, 0.717) is 37.3 Å². The fraction of sp³-hybridized carbons (Fsp3) is 0.348. The summed E-state index contributed by atoms with van der Waals surface area (Å²) in [4.78, 5) is 26.9. The van der Waals surface area contributed by atoms with Crippen LogP contribution in [0.4, 0.5) is 11.4 Å². The molecule has 178 valence electrons. The second-order valence-corrected chi connectivity index (χ2v) is 8.88. The van der Waals surface area contributed by atoms with Gasteiger partial charge in [0.1, 0.15) is 5.75 Å². The molecule has 10 nitrogen and oxygen atoms in total. The van der Waals surface area contributed by atoms with Crippen LogP contribution in [0.15, 0.2) is 52.1 Å². The van der Waals surface area contributed by atoms with E-state index in [1.54, 1.807) is 17.0 Å². The van der Waals surface area contributed by atoms with Crippen LogP contribution in [0.5, 0.6) is 5.75 Å². The Labute approximate surface area is 201 Å². The predicted molar refractivity (Wildman–Crippen MR) is 127 cm³/mol. The number of amides is 1. The molecule has 1 aromatic heterocycles. The minimum atomic E-state index is -0.414. The number of nitro benzene ring substituents is 1. The van der Waals surface area contributed by atoms with Crippen molar-refractivity contribution in [2.45, 2.75) is 25.7 Å². The van der Waals surface area contributed by atoms with Crippen LogP contribution in [0, 0.1) is 24.0 Å². The standard InChI is InChI=1S/C23H25N5O5S/c1-16-3-4-17(2)20(13-16)32-14-21-24-25-23(33-21)34-15-22(29)27-11-9-26(10-12-27)18-5-7-19(8-6-18)28(30)31/h3-8,13H,9-12,14-15H2,1-2H3. The third-order valence-corrected chi connectivity index (χ3v) is 6.32. The number of nitrogens with zero attached hydrogens (tertiary/aromatic N) is 5. The van der Waals surface area contributed by atoms with E-state index in [9.17, 15) is 14.9 Å². The number of hydrogen-bond acceptors (Lipinski definition) is 9. The van der Waals surface area contributed by atoms with Gasteiger partial charge < -0.3 is 19.0 Å². The number of aromatic nitrogens is 2. The molecular formula is C23H25N5O5S. The summed E-state index contributed by atoms with van der Waals surface area (Å²) in [6.07, 6.45) is 0. The van der Waals surface area contributed by atoms with E-state index in [1.807, 2.05) is 32.0 Å². The molecule has 2 heterocycles. The van der Waals surface area contributed by atoms with Gasteiger partial charge in [-0.05, 0) is 43.2 Å². The van der Waals surface area contributed by atoms with Crippen molar-refractivity contribution in [2.75, 3.05) is 36.8 Å². The van der Waals surface area contributed by atoms with Crippen molar-refractivity contribution in [2.24, 2.45) is 0 Å². The normalized spacial score (nSPS) is 13.7. The highest BCUT2D eigenvalue weighted by Gasteiger charge is 2.22. The maximum absolute atomic E-state index is 12.6. The Morgan fingerprint density at radius 2 is 1.85 bits per heavy atom. The molecule has 1 aliphatic heterocycles. The molecule has 11 heteroatoms. The van der Waals surface area contributed by atoms with Gasteiger partial charge in [-0.25, -0.2) is 0 Å². The predicted octanol–water partition coefficient (Wildman–Crippen LogP) is 3.61. The van der Waals surface area contributed by atoms with Gasteiger partial charge >= 0.3 is 0 Å². The topological polar surface area (TPSA) is 115 Å². The highest BCUT2D eigenvalue weighted by molar-refractivity contribution is 7.99. The number of hydrogen-bond donors (Lipinski definition) is 0. The van der Waals surface area contributed by atoms with Crippen LogP contribution in [0.1, 0.15) is 17.0 Å². The van der Waals surface area contributed by atoms with Crippen LogP contribution in [0.2, 0.25) is 0 Å². The maximum atomic E-state index is 12.6. The summed E-state index contributed by atoms with van der Waals surface area (Å²) in [5, 5.41) is 19.1. The van der Waals surface area contributed by atoms with Gasteiger partial charge in [0, 0.05) is 44.0 Å². The quantitative estimate of drug-likeness (QED) is 0.269. The van der Waals surface area contributed by atoms with Gasteiger partial charge in [0.05, 0.1) is 10.7 Å². The molecule has 0 unspecified atom stereocenters. The number of carbonyl (C=O) groups is 1. The molecule has 1 amide bonds. The third kappa shape index (κ3) is 5.84. The van der Waals surface area contributed by atoms with Crippen LogP contribution in [0.25, 0.3) is 0 Å². The van der Waals surface area contributed by atoms with Crippen LogP contribution >= 0.6 is 11.8 Å². The van der Waals surface area contributed by atoms with Crippen molar-refractivity contribution < 1.29 is 18.9 Å². The largest absolute Gasteiger partial charge is 0.484 e. The van der Waals surface area contributed by atoms with E-state index in [-0.39, 0.29) is 24.0 Å². The smallest absolute Gasteiger partial charge is 0.277 e. The first-order chi connectivity index (χ1) is 16.4. The molecule has 2 aromatic carbocycles. The number of thioether (sulfide) groups is 1. The van der Waals surface area contributed by atoms with Crippen molar-refractivity contribution in [1.82, 2.24) is 15.1 Å². The molecule has 0 atom stereocenters. The van der Waals surface area contributed by atoms with Gasteiger partial charge in [0.2, 0.25) is 5.91 Å². The summed E-state index contributed by atoms with van der Waals surface area (Å²) in [6, 6.07) is 12.4. The highest BCUT2D eigenvalue weighted by atomic mass is 32.2. The zero-order valence-corrected chi connectivity index (χ0v) is 19.8. The highest BCUT2D eigenvalue weighted by Crippen LogP contribution is 2.23. The number of rotatable bonds is 8. The van der Waals surface area contributed by atoms with E-state index in [4.69, 9.17) is 9.15 Å². The Morgan fingerprint density at radius 3 is 2.56 bits per heavy atom. The summed E-state index contributed by atoms with van der Waals surface area (Å²) in [5.74, 6) is 1.33. The van der Waals surface area contributed by atoms with E-state index in [2.05, 4.69) is 15.1 Å². The minimum absolute atomic E-state index is 0.000245. The summed E-state index contributed by atoms with van der Waals surface area (Å²) >= 11 is 1.21. The molecular weight excluding hydrogens is 458 g/mol. The average Bonchev–Trinajstić information content (AvgIpc) is 3.31. The van der Waals surface area contributed by atoms with Crippen molar-refractivity contribution in [3.63, 3.8) is 0 Å². The zero-order valence-electron chi connectivity index (χ0n) is 19.0. The summed E-state index contributed by atoms with van der Waals surface area (Å²) in [5.41, 5.74) is 3.11. The van der Waals surface area contributed by atoms with Crippen molar-refractivity contribution in [1.29, 1.82) is 0 Å². The minimum Gasteiger partial charge on any atom is -0.484 e. The Bertz CT molecular complexity index is 1160. The molecule has 0 saturated carbocycles. The van der Waals surface area contributed by atoms with Crippen molar-refractivity contribution in [3.05, 3.63) is 69.6 Å². The monoisotopic (exact) mass is 483 g/mol. The first-order valence-corrected chi connectivity index (χ1v) is 11.8. The number of carbonyl (C=O) groups excluding carboxylic acids is 1. The lowest BCUT2D eigenvalue weighted by Crippen LogP contribution is -2.49. The lowest BCUT2D eigenvalue weighted by atomic mass is 10.1. The molecule has 3 aromatic rings. The molecule has 1 fully saturated rings. The second kappa shape index (κ2) is 10.6. The molecule has 0 bridgehead atoms. The zero-order chi connectivity index (χ0) is 24.1. The molecule has 0 aliphatic carbocycles. The van der Waals surface area contributed by atoms with Crippen LogP contribution in [-0.2, 0) is 11.4 Å². The number of aryl methyl sites for hydroxylation is 2. The van der Waals surface area contributed by atoms with E-state index >= 15 is 0 Å². The lowest BCUT2D eigenvalue weighted by molar-refractivity contribution is -0.384. The summed E-state index contributed by atoms with van der Waals surface area (Å²) < 4.78 is 11.4. The van der Waals surface area contributed by atoms with E-state index < -0.39 is 4.92 Å². The van der Waals surface area contributed by atoms with E-state index in [0.717, 1.165) is 22.6 Å². The van der Waals surface area contributed by atoms with Gasteiger partial charge in [-0.2, -0.15) is 0 Å². The maximum Gasteiger partial charge on any atom is 0.277 e. The molecule has 4 rings (SSSR count). The number of piperazine rings is 1. The number of anilines is 1. The number of nitro groups is 1. The molecule has 0 radical (unpaired) electrons. The first kappa shape index (κ1) is 23.6. The number of non-ortho nitro benzene ring substituents is 1. The SMILES string of the molecule is Cc1ccc(C)c(OCc2nnc(SCC(=O)N3CCN(c4ccc([N+](=O)[O-])cc4)CC3)o2)c1. The van der Waals surface area contributed by atoms with Gasteiger partial charge in [-0.3, -0.25) is 14.9 Å².